The second kappa shape index (κ2) is 9.14. The first-order valence-electron chi connectivity index (χ1n) is 12.6. The second-order valence-corrected chi connectivity index (χ2v) is 9.84. The van der Waals surface area contributed by atoms with E-state index < -0.39 is 0 Å². The summed E-state index contributed by atoms with van der Waals surface area (Å²) in [5, 5.41) is 15.4. The highest BCUT2D eigenvalue weighted by molar-refractivity contribution is 5.93. The summed E-state index contributed by atoms with van der Waals surface area (Å²) in [6.45, 7) is 0. The van der Waals surface area contributed by atoms with Gasteiger partial charge in [-0.3, -0.25) is 4.79 Å². The van der Waals surface area contributed by atoms with Crippen LogP contribution in [0.15, 0.2) is 60.7 Å². The van der Waals surface area contributed by atoms with Crippen LogP contribution in [0.2, 0.25) is 0 Å². The molecule has 1 aromatic heterocycles. The summed E-state index contributed by atoms with van der Waals surface area (Å²) in [6, 6.07) is 19.9. The second-order valence-electron chi connectivity index (χ2n) is 9.84. The molecule has 0 saturated heterocycles. The van der Waals surface area contributed by atoms with Gasteiger partial charge in [-0.1, -0.05) is 61.7 Å². The number of nitrogens with zero attached hydrogens (tertiary/aromatic N) is 2. The summed E-state index contributed by atoms with van der Waals surface area (Å²) in [5.41, 5.74) is 5.87. The quantitative estimate of drug-likeness (QED) is 0.371. The molecule has 4 aromatic rings. The Morgan fingerprint density at radius 2 is 1.74 bits per heavy atom. The molecular weight excluding hydrogens is 434 g/mol. The molecule has 0 atom stereocenters. The number of amides is 1. The van der Waals surface area contributed by atoms with Crippen LogP contribution in [0, 0.1) is 0 Å². The average Bonchev–Trinajstić information content (AvgIpc) is 2.88. The highest BCUT2D eigenvalue weighted by Gasteiger charge is 2.27. The molecule has 1 fully saturated rings. The highest BCUT2D eigenvalue weighted by Crippen LogP contribution is 2.39. The van der Waals surface area contributed by atoms with E-state index in [-0.39, 0.29) is 11.7 Å². The van der Waals surface area contributed by atoms with Gasteiger partial charge < -0.3 is 10.4 Å². The van der Waals surface area contributed by atoms with Crippen LogP contribution in [0.4, 0.5) is 5.82 Å². The van der Waals surface area contributed by atoms with Crippen molar-refractivity contribution >= 4 is 22.5 Å². The van der Waals surface area contributed by atoms with Crippen LogP contribution >= 0.6 is 0 Å². The number of rotatable bonds is 4. The summed E-state index contributed by atoms with van der Waals surface area (Å²) < 4.78 is 0. The number of phenolic OH excluding ortho intramolecular Hbond substituents is 1. The van der Waals surface area contributed by atoms with Gasteiger partial charge in [0.05, 0.1) is 23.5 Å². The smallest absolute Gasteiger partial charge is 0.229 e. The van der Waals surface area contributed by atoms with Gasteiger partial charge in [-0.25, -0.2) is 9.97 Å². The molecule has 2 aliphatic rings. The molecule has 0 aliphatic heterocycles. The third-order valence-electron chi connectivity index (χ3n) is 7.40. The molecule has 176 valence electrons. The Hall–Kier alpha value is -3.73. The molecule has 3 aromatic carbocycles. The fourth-order valence-electron chi connectivity index (χ4n) is 5.61. The van der Waals surface area contributed by atoms with E-state index in [2.05, 4.69) is 29.6 Å². The van der Waals surface area contributed by atoms with Crippen molar-refractivity contribution in [2.24, 2.45) is 0 Å². The molecule has 6 rings (SSSR count). The van der Waals surface area contributed by atoms with Crippen molar-refractivity contribution in [3.63, 3.8) is 0 Å². The topological polar surface area (TPSA) is 75.1 Å². The van der Waals surface area contributed by atoms with Crippen LogP contribution in [0.5, 0.6) is 5.75 Å². The van der Waals surface area contributed by atoms with Gasteiger partial charge in [-0.2, -0.15) is 0 Å². The maximum atomic E-state index is 13.2. The van der Waals surface area contributed by atoms with Crippen LogP contribution in [0.1, 0.15) is 60.5 Å². The zero-order valence-electron chi connectivity index (χ0n) is 19.8. The number of anilines is 1. The van der Waals surface area contributed by atoms with Crippen molar-refractivity contribution in [3.05, 3.63) is 83.2 Å². The number of carbonyl (C=O) groups is 1. The monoisotopic (exact) mass is 463 g/mol. The van der Waals surface area contributed by atoms with Crippen LogP contribution in [0.25, 0.3) is 22.0 Å². The van der Waals surface area contributed by atoms with E-state index in [4.69, 9.17) is 9.97 Å². The maximum Gasteiger partial charge on any atom is 0.229 e. The Bertz CT molecular complexity index is 1420. The van der Waals surface area contributed by atoms with Gasteiger partial charge in [-0.05, 0) is 65.8 Å². The summed E-state index contributed by atoms with van der Waals surface area (Å²) >= 11 is 0. The first-order valence-corrected chi connectivity index (χ1v) is 12.6. The molecule has 0 unspecified atom stereocenters. The minimum Gasteiger partial charge on any atom is -0.508 e. The molecule has 0 radical (unpaired) electrons. The van der Waals surface area contributed by atoms with E-state index in [1.807, 2.05) is 30.3 Å². The predicted octanol–water partition coefficient (Wildman–Crippen LogP) is 6.33. The largest absolute Gasteiger partial charge is 0.508 e. The zero-order valence-corrected chi connectivity index (χ0v) is 19.8. The maximum absolute atomic E-state index is 13.2. The van der Waals surface area contributed by atoms with E-state index in [1.165, 1.54) is 24.6 Å². The molecule has 0 spiro atoms. The number of nitrogens with one attached hydrogen (secondary N) is 1. The van der Waals surface area contributed by atoms with Crippen molar-refractivity contribution in [2.45, 2.75) is 57.3 Å². The molecule has 2 N–H and O–H groups in total. The number of benzene rings is 3. The van der Waals surface area contributed by atoms with Gasteiger partial charge >= 0.3 is 0 Å². The normalized spacial score (nSPS) is 15.4. The third-order valence-corrected chi connectivity index (χ3v) is 7.40. The number of phenols is 1. The standard InChI is InChI=1S/C30H29N3O2/c34-24-13-14-25-23(18-24)12-15-26-29(25)33-28(21-7-2-1-3-8-21)30(31-26)32-27(35)17-19-10-11-20-6-4-5-9-22(20)16-19/h4-6,9-11,13-14,16,18,21,34H,1-3,7-8,12,15,17H2,(H,31,32,35). The van der Waals surface area contributed by atoms with Crippen molar-refractivity contribution < 1.29 is 9.90 Å². The van der Waals surface area contributed by atoms with Crippen molar-refractivity contribution in [3.8, 4) is 17.0 Å². The van der Waals surface area contributed by atoms with Gasteiger partial charge in [0.1, 0.15) is 5.75 Å². The Morgan fingerprint density at radius 3 is 2.60 bits per heavy atom. The third kappa shape index (κ3) is 4.39. The van der Waals surface area contributed by atoms with Crippen molar-refractivity contribution in [1.82, 2.24) is 9.97 Å². The van der Waals surface area contributed by atoms with Crippen LogP contribution in [-0.2, 0) is 24.1 Å². The molecule has 5 nitrogen and oxygen atoms in total. The lowest BCUT2D eigenvalue weighted by atomic mass is 9.85. The van der Waals surface area contributed by atoms with Gasteiger partial charge in [0.15, 0.2) is 5.82 Å². The lowest BCUT2D eigenvalue weighted by Crippen LogP contribution is -2.21. The van der Waals surface area contributed by atoms with Crippen LogP contribution in [0.3, 0.4) is 0 Å². The van der Waals surface area contributed by atoms with Gasteiger partial charge in [0.25, 0.3) is 0 Å². The first-order chi connectivity index (χ1) is 17.1. The fourth-order valence-corrected chi connectivity index (χ4v) is 5.61. The summed E-state index contributed by atoms with van der Waals surface area (Å²) in [7, 11) is 0. The van der Waals surface area contributed by atoms with Crippen molar-refractivity contribution in [1.29, 1.82) is 0 Å². The number of carbonyl (C=O) groups excluding carboxylic acids is 1. The van der Waals surface area contributed by atoms with E-state index in [9.17, 15) is 9.90 Å². The SMILES string of the molecule is O=C(Cc1ccc2ccccc2c1)Nc1nc2c(nc1C1CCCCC1)-c1ccc(O)cc1CC2. The lowest BCUT2D eigenvalue weighted by molar-refractivity contribution is -0.115. The molecule has 35 heavy (non-hydrogen) atoms. The number of fused-ring (bicyclic) bond motifs is 4. The summed E-state index contributed by atoms with van der Waals surface area (Å²) in [5.74, 6) is 1.15. The van der Waals surface area contributed by atoms with E-state index in [0.717, 1.165) is 64.8 Å². The molecule has 1 amide bonds. The van der Waals surface area contributed by atoms with E-state index in [0.29, 0.717) is 18.2 Å². The number of hydrogen-bond donors (Lipinski definition) is 2. The molecule has 5 heteroatoms. The summed E-state index contributed by atoms with van der Waals surface area (Å²) in [4.78, 5) is 23.3. The van der Waals surface area contributed by atoms with E-state index >= 15 is 0 Å². The fraction of sp³-hybridized carbons (Fsp3) is 0.300. The van der Waals surface area contributed by atoms with Gasteiger partial charge in [-0.15, -0.1) is 0 Å². The number of aromatic hydroxyl groups is 1. The molecular formula is C30H29N3O2. The number of aromatic nitrogens is 2. The summed E-state index contributed by atoms with van der Waals surface area (Å²) in [6.07, 6.45) is 7.61. The van der Waals surface area contributed by atoms with Crippen LogP contribution < -0.4 is 5.32 Å². The Morgan fingerprint density at radius 1 is 0.914 bits per heavy atom. The zero-order chi connectivity index (χ0) is 23.8. The minimum atomic E-state index is -0.0623. The Labute approximate surface area is 205 Å². The van der Waals surface area contributed by atoms with Gasteiger partial charge in [0, 0.05) is 11.5 Å². The Balaban J connectivity index is 1.33. The lowest BCUT2D eigenvalue weighted by Gasteiger charge is -2.26. The van der Waals surface area contributed by atoms with E-state index in [1.54, 1.807) is 6.07 Å². The molecule has 2 aliphatic carbocycles. The first kappa shape index (κ1) is 21.8. The predicted molar refractivity (Wildman–Crippen MR) is 139 cm³/mol. The Kier molecular flexibility index (Phi) is 5.69. The number of aryl methyl sites for hydroxylation is 2. The van der Waals surface area contributed by atoms with Gasteiger partial charge in [0.2, 0.25) is 5.91 Å². The minimum absolute atomic E-state index is 0.0623. The highest BCUT2D eigenvalue weighted by atomic mass is 16.3. The number of hydrogen-bond acceptors (Lipinski definition) is 4. The average molecular weight is 464 g/mol. The molecule has 1 saturated carbocycles. The molecule has 0 bridgehead atoms. The molecule has 1 heterocycles. The van der Waals surface area contributed by atoms with Crippen LogP contribution in [-0.4, -0.2) is 21.0 Å². The van der Waals surface area contributed by atoms with Crippen molar-refractivity contribution in [2.75, 3.05) is 5.32 Å².